The third-order valence-corrected chi connectivity index (χ3v) is 4.56. The molecule has 0 saturated heterocycles. The van der Waals surface area contributed by atoms with Gasteiger partial charge in [-0.15, -0.1) is 0 Å². The highest BCUT2D eigenvalue weighted by atomic mass is 35.5. The molecule has 25 heavy (non-hydrogen) atoms. The molecule has 0 bridgehead atoms. The molecule has 1 aliphatic carbocycles. The van der Waals surface area contributed by atoms with Gasteiger partial charge >= 0.3 is 5.97 Å². The zero-order chi connectivity index (χ0) is 18.0. The SMILES string of the molecule is COC(=O)/C(Cc1ccc([N+](=O)[O-])cc1)=C1\CC1c1ccc(Cl)cc1. The second-order valence-electron chi connectivity index (χ2n) is 5.90. The van der Waals surface area contributed by atoms with Gasteiger partial charge in [-0.25, -0.2) is 4.79 Å². The van der Waals surface area contributed by atoms with Crippen molar-refractivity contribution in [1.29, 1.82) is 0 Å². The maximum atomic E-state index is 12.2. The number of carbonyl (C=O) groups excluding carboxylic acids is 1. The molecular formula is C19H16ClNO4. The number of carbonyl (C=O) groups is 1. The Morgan fingerprint density at radius 2 is 1.84 bits per heavy atom. The van der Waals surface area contributed by atoms with E-state index in [0.717, 1.165) is 23.1 Å². The Morgan fingerprint density at radius 1 is 1.20 bits per heavy atom. The molecule has 0 radical (unpaired) electrons. The zero-order valence-electron chi connectivity index (χ0n) is 13.6. The summed E-state index contributed by atoms with van der Waals surface area (Å²) in [6.07, 6.45) is 1.20. The van der Waals surface area contributed by atoms with Gasteiger partial charge in [0, 0.05) is 35.1 Å². The summed E-state index contributed by atoms with van der Waals surface area (Å²) in [6, 6.07) is 13.8. The first-order chi connectivity index (χ1) is 12.0. The molecule has 0 amide bonds. The second kappa shape index (κ2) is 7.07. The van der Waals surface area contributed by atoms with Gasteiger partial charge in [0.05, 0.1) is 12.0 Å². The third-order valence-electron chi connectivity index (χ3n) is 4.30. The van der Waals surface area contributed by atoms with Crippen molar-refractivity contribution in [2.45, 2.75) is 18.8 Å². The van der Waals surface area contributed by atoms with Gasteiger partial charge in [0.15, 0.2) is 0 Å². The summed E-state index contributed by atoms with van der Waals surface area (Å²) in [7, 11) is 1.36. The number of halogens is 1. The predicted octanol–water partition coefficient (Wildman–Crippen LogP) is 4.45. The van der Waals surface area contributed by atoms with Crippen molar-refractivity contribution < 1.29 is 14.5 Å². The molecule has 1 atom stereocenters. The van der Waals surface area contributed by atoms with Crippen LogP contribution in [-0.2, 0) is 16.0 Å². The average molecular weight is 358 g/mol. The molecule has 1 aliphatic rings. The fourth-order valence-corrected chi connectivity index (χ4v) is 3.01. The Balaban J connectivity index is 1.84. The molecule has 6 heteroatoms. The number of allylic oxidation sites excluding steroid dienone is 1. The van der Waals surface area contributed by atoms with Gasteiger partial charge in [-0.2, -0.15) is 0 Å². The quantitative estimate of drug-likeness (QED) is 0.343. The zero-order valence-corrected chi connectivity index (χ0v) is 14.3. The lowest BCUT2D eigenvalue weighted by atomic mass is 10.0. The Labute approximate surface area is 150 Å². The first kappa shape index (κ1) is 17.2. The number of nitro benzene ring substituents is 1. The minimum absolute atomic E-state index is 0.0292. The minimum Gasteiger partial charge on any atom is -0.466 e. The molecule has 128 valence electrons. The predicted molar refractivity (Wildman–Crippen MR) is 94.7 cm³/mol. The van der Waals surface area contributed by atoms with Crippen molar-refractivity contribution >= 4 is 23.3 Å². The fourth-order valence-electron chi connectivity index (χ4n) is 2.89. The maximum Gasteiger partial charge on any atom is 0.334 e. The standard InChI is InChI=1S/C19H16ClNO4/c1-25-19(22)18(10-12-2-8-15(9-3-12)21(23)24)17-11-16(17)13-4-6-14(20)7-5-13/h2-9,16H,10-11H2,1H3/b18-17+. The van der Waals surface area contributed by atoms with Crippen LogP contribution < -0.4 is 0 Å². The van der Waals surface area contributed by atoms with Crippen LogP contribution in [0.2, 0.25) is 5.02 Å². The van der Waals surface area contributed by atoms with Crippen molar-refractivity contribution in [3.8, 4) is 0 Å². The van der Waals surface area contributed by atoms with Gasteiger partial charge in [0.25, 0.3) is 5.69 Å². The van der Waals surface area contributed by atoms with E-state index in [1.807, 2.05) is 24.3 Å². The van der Waals surface area contributed by atoms with Crippen molar-refractivity contribution in [3.05, 3.63) is 85.9 Å². The van der Waals surface area contributed by atoms with Gasteiger partial charge in [-0.1, -0.05) is 41.4 Å². The van der Waals surface area contributed by atoms with Gasteiger partial charge in [0.1, 0.15) is 0 Å². The molecule has 0 aliphatic heterocycles. The number of benzene rings is 2. The highest BCUT2D eigenvalue weighted by Crippen LogP contribution is 2.49. The van der Waals surface area contributed by atoms with E-state index < -0.39 is 4.92 Å². The lowest BCUT2D eigenvalue weighted by molar-refractivity contribution is -0.384. The number of non-ortho nitro benzene ring substituents is 1. The Bertz CT molecular complexity index is 841. The van der Waals surface area contributed by atoms with Crippen molar-refractivity contribution in [2.75, 3.05) is 7.11 Å². The van der Waals surface area contributed by atoms with Crippen LogP contribution in [0.25, 0.3) is 0 Å². The summed E-state index contributed by atoms with van der Waals surface area (Å²) in [6.45, 7) is 0. The van der Waals surface area contributed by atoms with Crippen LogP contribution in [0.15, 0.2) is 59.7 Å². The summed E-state index contributed by atoms with van der Waals surface area (Å²) in [5.74, 6) is -0.158. The monoisotopic (exact) mass is 357 g/mol. The van der Waals surface area contributed by atoms with E-state index in [0.29, 0.717) is 17.0 Å². The molecule has 0 spiro atoms. The number of hydrogen-bond acceptors (Lipinski definition) is 4. The molecule has 2 aromatic rings. The third kappa shape index (κ3) is 3.88. The molecule has 5 nitrogen and oxygen atoms in total. The van der Waals surface area contributed by atoms with E-state index >= 15 is 0 Å². The van der Waals surface area contributed by atoms with Crippen LogP contribution >= 0.6 is 11.6 Å². The Morgan fingerprint density at radius 3 is 2.40 bits per heavy atom. The summed E-state index contributed by atoms with van der Waals surface area (Å²) < 4.78 is 4.93. The number of rotatable bonds is 5. The molecule has 2 aromatic carbocycles. The minimum atomic E-state index is -0.444. The topological polar surface area (TPSA) is 69.4 Å². The Hall–Kier alpha value is -2.66. The molecule has 0 heterocycles. The molecule has 3 rings (SSSR count). The Kier molecular flexibility index (Phi) is 4.86. The molecule has 0 aromatic heterocycles. The van der Waals surface area contributed by atoms with Gasteiger partial charge in [-0.3, -0.25) is 10.1 Å². The summed E-state index contributed by atoms with van der Waals surface area (Å²) in [5.41, 5.74) is 3.65. The highest BCUT2D eigenvalue weighted by Gasteiger charge is 2.36. The van der Waals surface area contributed by atoms with E-state index in [1.54, 1.807) is 12.1 Å². The number of ether oxygens (including phenoxy) is 1. The van der Waals surface area contributed by atoms with E-state index in [-0.39, 0.29) is 17.6 Å². The molecule has 0 N–H and O–H groups in total. The fraction of sp³-hybridized carbons (Fsp3) is 0.211. The second-order valence-corrected chi connectivity index (χ2v) is 6.34. The van der Waals surface area contributed by atoms with Gasteiger partial charge < -0.3 is 4.74 Å². The number of methoxy groups -OCH3 is 1. The van der Waals surface area contributed by atoms with Crippen LogP contribution in [0, 0.1) is 10.1 Å². The van der Waals surface area contributed by atoms with Crippen LogP contribution in [0.4, 0.5) is 5.69 Å². The normalized spacial score (nSPS) is 17.8. The maximum absolute atomic E-state index is 12.2. The first-order valence-corrected chi connectivity index (χ1v) is 8.16. The van der Waals surface area contributed by atoms with Crippen molar-refractivity contribution in [3.63, 3.8) is 0 Å². The molecule has 1 unspecified atom stereocenters. The van der Waals surface area contributed by atoms with E-state index in [9.17, 15) is 14.9 Å². The first-order valence-electron chi connectivity index (χ1n) is 7.78. The van der Waals surface area contributed by atoms with E-state index in [1.165, 1.54) is 19.2 Å². The largest absolute Gasteiger partial charge is 0.466 e. The molecule has 1 saturated carbocycles. The number of esters is 1. The lowest BCUT2D eigenvalue weighted by Crippen LogP contribution is -2.08. The van der Waals surface area contributed by atoms with Crippen LogP contribution in [0.1, 0.15) is 23.5 Å². The smallest absolute Gasteiger partial charge is 0.334 e. The lowest BCUT2D eigenvalue weighted by Gasteiger charge is -2.06. The summed E-state index contributed by atoms with van der Waals surface area (Å²) in [4.78, 5) is 22.5. The summed E-state index contributed by atoms with van der Waals surface area (Å²) in [5, 5.41) is 11.4. The van der Waals surface area contributed by atoms with Crippen LogP contribution in [-0.4, -0.2) is 18.0 Å². The number of nitrogens with zero attached hydrogens (tertiary/aromatic N) is 1. The summed E-state index contributed by atoms with van der Waals surface area (Å²) >= 11 is 5.92. The van der Waals surface area contributed by atoms with E-state index in [4.69, 9.17) is 16.3 Å². The van der Waals surface area contributed by atoms with Crippen LogP contribution in [0.3, 0.4) is 0 Å². The number of hydrogen-bond donors (Lipinski definition) is 0. The average Bonchev–Trinajstić information content (AvgIpc) is 3.40. The van der Waals surface area contributed by atoms with E-state index in [2.05, 4.69) is 0 Å². The van der Waals surface area contributed by atoms with Gasteiger partial charge in [-0.05, 0) is 29.7 Å². The van der Waals surface area contributed by atoms with Gasteiger partial charge in [0.2, 0.25) is 0 Å². The number of nitro groups is 1. The van der Waals surface area contributed by atoms with Crippen LogP contribution in [0.5, 0.6) is 0 Å². The molecule has 1 fully saturated rings. The highest BCUT2D eigenvalue weighted by molar-refractivity contribution is 6.30. The van der Waals surface area contributed by atoms with Crippen molar-refractivity contribution in [1.82, 2.24) is 0 Å². The van der Waals surface area contributed by atoms with Crippen molar-refractivity contribution in [2.24, 2.45) is 0 Å². The molecular weight excluding hydrogens is 342 g/mol.